The largest absolute Gasteiger partial charge is 0.330 e. The molecule has 0 heterocycles. The van der Waals surface area contributed by atoms with Gasteiger partial charge in [0.2, 0.25) is 0 Å². The quantitative estimate of drug-likeness (QED) is 0.676. The number of nitrogens with two attached hydrogens (primary N) is 1. The van der Waals surface area contributed by atoms with E-state index >= 15 is 0 Å². The third-order valence-electron chi connectivity index (χ3n) is 3.24. The van der Waals surface area contributed by atoms with Gasteiger partial charge in [-0.05, 0) is 49.5 Å². The topological polar surface area (TPSA) is 26.0 Å². The molecule has 12 heavy (non-hydrogen) atoms. The van der Waals surface area contributed by atoms with Crippen molar-refractivity contribution in [2.45, 2.75) is 46.5 Å². The fraction of sp³-hybridized carbons (Fsp3) is 1.00. The molecule has 1 unspecified atom stereocenters. The molecule has 0 amide bonds. The highest BCUT2D eigenvalue weighted by molar-refractivity contribution is 4.84. The lowest BCUT2D eigenvalue weighted by Crippen LogP contribution is -2.31. The monoisotopic (exact) mass is 169 g/mol. The van der Waals surface area contributed by atoms with Crippen molar-refractivity contribution < 1.29 is 0 Å². The van der Waals surface area contributed by atoms with Gasteiger partial charge in [0.25, 0.3) is 0 Å². The summed E-state index contributed by atoms with van der Waals surface area (Å²) < 4.78 is 0. The van der Waals surface area contributed by atoms with Crippen LogP contribution in [0.3, 0.4) is 0 Å². The van der Waals surface area contributed by atoms with Crippen LogP contribution in [0.5, 0.6) is 0 Å². The number of rotatable bonds is 2. The zero-order valence-corrected chi connectivity index (χ0v) is 8.77. The zero-order valence-electron chi connectivity index (χ0n) is 8.77. The molecule has 3 atom stereocenters. The van der Waals surface area contributed by atoms with Crippen LogP contribution >= 0.6 is 0 Å². The van der Waals surface area contributed by atoms with Gasteiger partial charge in [-0.3, -0.25) is 0 Å². The Hall–Kier alpha value is -0.0400. The minimum absolute atomic E-state index is 0.547. The summed E-state index contributed by atoms with van der Waals surface area (Å²) >= 11 is 0. The van der Waals surface area contributed by atoms with Crippen LogP contribution in [-0.2, 0) is 0 Å². The highest BCUT2D eigenvalue weighted by Gasteiger charge is 2.32. The molecule has 1 aliphatic rings. The van der Waals surface area contributed by atoms with Gasteiger partial charge in [0, 0.05) is 0 Å². The number of hydrogen-bond acceptors (Lipinski definition) is 1. The van der Waals surface area contributed by atoms with Crippen LogP contribution in [-0.4, -0.2) is 6.54 Å². The molecule has 0 aromatic rings. The van der Waals surface area contributed by atoms with Crippen LogP contribution in [0.15, 0.2) is 0 Å². The van der Waals surface area contributed by atoms with E-state index in [1.807, 2.05) is 0 Å². The molecule has 0 radical (unpaired) electrons. The van der Waals surface area contributed by atoms with Crippen molar-refractivity contribution >= 4 is 0 Å². The van der Waals surface area contributed by atoms with Crippen LogP contribution in [0.1, 0.15) is 46.5 Å². The summed E-state index contributed by atoms with van der Waals surface area (Å²) in [5.74, 6) is 1.82. The molecule has 2 N–H and O–H groups in total. The predicted octanol–water partition coefficient (Wildman–Crippen LogP) is 2.80. The molecular weight excluding hydrogens is 146 g/mol. The van der Waals surface area contributed by atoms with E-state index in [1.165, 1.54) is 25.7 Å². The third-order valence-corrected chi connectivity index (χ3v) is 3.24. The van der Waals surface area contributed by atoms with Gasteiger partial charge in [0.15, 0.2) is 0 Å². The molecule has 1 fully saturated rings. The van der Waals surface area contributed by atoms with Gasteiger partial charge in [-0.2, -0.15) is 0 Å². The molecule has 0 aromatic carbocycles. The first kappa shape index (κ1) is 10.0. The van der Waals surface area contributed by atoms with Crippen LogP contribution in [0, 0.1) is 17.3 Å². The molecule has 1 saturated carbocycles. The average Bonchev–Trinajstić information content (AvgIpc) is 1.82. The Balaban J connectivity index is 2.52. The molecule has 1 rings (SSSR count). The van der Waals surface area contributed by atoms with Crippen molar-refractivity contribution in [3.8, 4) is 0 Å². The van der Waals surface area contributed by atoms with E-state index in [-0.39, 0.29) is 0 Å². The van der Waals surface area contributed by atoms with Crippen LogP contribution in [0.2, 0.25) is 0 Å². The summed E-state index contributed by atoms with van der Waals surface area (Å²) in [6.45, 7) is 8.02. The fourth-order valence-electron chi connectivity index (χ4n) is 3.17. The maximum atomic E-state index is 5.64. The summed E-state index contributed by atoms with van der Waals surface area (Å²) in [4.78, 5) is 0. The summed E-state index contributed by atoms with van der Waals surface area (Å²) in [6, 6.07) is 0. The maximum absolute atomic E-state index is 5.64. The van der Waals surface area contributed by atoms with Crippen LogP contribution in [0.25, 0.3) is 0 Å². The molecule has 1 aliphatic carbocycles. The molecule has 0 bridgehead atoms. The average molecular weight is 169 g/mol. The predicted molar refractivity (Wildman–Crippen MR) is 54.0 cm³/mol. The van der Waals surface area contributed by atoms with Gasteiger partial charge in [-0.25, -0.2) is 0 Å². The van der Waals surface area contributed by atoms with Crippen molar-refractivity contribution in [2.24, 2.45) is 23.0 Å². The first-order valence-corrected chi connectivity index (χ1v) is 5.26. The summed E-state index contributed by atoms with van der Waals surface area (Å²) in [6.07, 6.45) is 5.39. The van der Waals surface area contributed by atoms with E-state index in [2.05, 4.69) is 20.8 Å². The van der Waals surface area contributed by atoms with Crippen molar-refractivity contribution in [1.29, 1.82) is 0 Å². The number of hydrogen-bond donors (Lipinski definition) is 1. The highest BCUT2D eigenvalue weighted by Crippen LogP contribution is 2.43. The van der Waals surface area contributed by atoms with Crippen LogP contribution < -0.4 is 5.73 Å². The van der Waals surface area contributed by atoms with Crippen molar-refractivity contribution in [2.75, 3.05) is 6.54 Å². The normalized spacial score (nSPS) is 43.0. The van der Waals surface area contributed by atoms with Gasteiger partial charge < -0.3 is 5.73 Å². The lowest BCUT2D eigenvalue weighted by Gasteiger charge is -2.40. The van der Waals surface area contributed by atoms with E-state index in [9.17, 15) is 0 Å². The lowest BCUT2D eigenvalue weighted by atomic mass is 9.66. The molecule has 72 valence electrons. The first-order valence-electron chi connectivity index (χ1n) is 5.26. The maximum Gasteiger partial charge on any atom is -0.00721 e. The third kappa shape index (κ3) is 2.48. The second-order valence-corrected chi connectivity index (χ2v) is 5.20. The summed E-state index contributed by atoms with van der Waals surface area (Å²) in [5.41, 5.74) is 6.18. The highest BCUT2D eigenvalue weighted by atomic mass is 14.5. The fourth-order valence-corrected chi connectivity index (χ4v) is 3.17. The van der Waals surface area contributed by atoms with Gasteiger partial charge >= 0.3 is 0 Å². The minimum Gasteiger partial charge on any atom is -0.330 e. The lowest BCUT2D eigenvalue weighted by molar-refractivity contribution is 0.116. The van der Waals surface area contributed by atoms with Gasteiger partial charge in [0.1, 0.15) is 0 Å². The Morgan fingerprint density at radius 3 is 2.17 bits per heavy atom. The second kappa shape index (κ2) is 3.78. The standard InChI is InChI=1S/C11H23N/c1-9-6-10(2)8-11(3,7-9)4-5-12/h9-10H,4-8,12H2,1-3H3/t9-,10+,11?. The molecule has 1 heteroatoms. The van der Waals surface area contributed by atoms with E-state index in [0.29, 0.717) is 5.41 Å². The molecular formula is C11H23N. The zero-order chi connectivity index (χ0) is 9.19. The smallest absolute Gasteiger partial charge is 0.00721 e. The summed E-state index contributed by atoms with van der Waals surface area (Å²) in [5, 5.41) is 0. The first-order chi connectivity index (χ1) is 5.56. The molecule has 0 aliphatic heterocycles. The molecule has 1 nitrogen and oxygen atoms in total. The van der Waals surface area contributed by atoms with Gasteiger partial charge in [-0.1, -0.05) is 20.8 Å². The molecule has 0 spiro atoms. The Labute approximate surface area is 76.7 Å². The van der Waals surface area contributed by atoms with E-state index < -0.39 is 0 Å². The molecule has 0 saturated heterocycles. The minimum atomic E-state index is 0.547. The molecule has 0 aromatic heterocycles. The van der Waals surface area contributed by atoms with Gasteiger partial charge in [0.05, 0.1) is 0 Å². The Bertz CT molecular complexity index is 132. The van der Waals surface area contributed by atoms with E-state index in [1.54, 1.807) is 0 Å². The van der Waals surface area contributed by atoms with Crippen molar-refractivity contribution in [1.82, 2.24) is 0 Å². The van der Waals surface area contributed by atoms with E-state index in [0.717, 1.165) is 18.4 Å². The van der Waals surface area contributed by atoms with E-state index in [4.69, 9.17) is 5.73 Å². The SMILES string of the molecule is C[C@@H]1C[C@H](C)CC(C)(CCN)C1. The van der Waals surface area contributed by atoms with Gasteiger partial charge in [-0.15, -0.1) is 0 Å². The van der Waals surface area contributed by atoms with Crippen molar-refractivity contribution in [3.63, 3.8) is 0 Å². The Morgan fingerprint density at radius 1 is 1.25 bits per heavy atom. The van der Waals surface area contributed by atoms with Crippen LogP contribution in [0.4, 0.5) is 0 Å². The Kier molecular flexibility index (Phi) is 3.16. The second-order valence-electron chi connectivity index (χ2n) is 5.20. The Morgan fingerprint density at radius 2 is 1.75 bits per heavy atom. The van der Waals surface area contributed by atoms with Crippen molar-refractivity contribution in [3.05, 3.63) is 0 Å². The summed E-state index contributed by atoms with van der Waals surface area (Å²) in [7, 11) is 0.